The first-order valence-corrected chi connectivity index (χ1v) is 3.54. The van der Waals surface area contributed by atoms with Crippen LogP contribution in [0.1, 0.15) is 15.9 Å². The summed E-state index contributed by atoms with van der Waals surface area (Å²) >= 11 is 0. The van der Waals surface area contributed by atoms with Gasteiger partial charge >= 0.3 is 0 Å². The molecular formula is C8H6N2O2. The van der Waals surface area contributed by atoms with Crippen LogP contribution >= 0.6 is 0 Å². The number of hydrogen-bond acceptors (Lipinski definition) is 3. The zero-order valence-electron chi connectivity index (χ0n) is 6.20. The van der Waals surface area contributed by atoms with Gasteiger partial charge in [0.1, 0.15) is 0 Å². The smallest absolute Gasteiger partial charge is 0.258 e. The SMILES string of the molecule is O=C1Cc2cnccc2C(=O)N1. The first kappa shape index (κ1) is 6.97. The minimum Gasteiger partial charge on any atom is -0.292 e. The lowest BCUT2D eigenvalue weighted by molar-refractivity contribution is -0.119. The molecule has 0 spiro atoms. The van der Waals surface area contributed by atoms with Crippen molar-refractivity contribution in [1.29, 1.82) is 0 Å². The van der Waals surface area contributed by atoms with Gasteiger partial charge in [-0.2, -0.15) is 0 Å². The van der Waals surface area contributed by atoms with Crippen molar-refractivity contribution in [1.82, 2.24) is 10.3 Å². The van der Waals surface area contributed by atoms with Gasteiger partial charge in [-0.3, -0.25) is 19.9 Å². The molecule has 2 amide bonds. The predicted molar refractivity (Wildman–Crippen MR) is 40.4 cm³/mol. The summed E-state index contributed by atoms with van der Waals surface area (Å²) in [7, 11) is 0. The van der Waals surface area contributed by atoms with Gasteiger partial charge in [-0.1, -0.05) is 0 Å². The molecule has 60 valence electrons. The molecule has 0 radical (unpaired) electrons. The molecule has 0 bridgehead atoms. The lowest BCUT2D eigenvalue weighted by atomic mass is 10.0. The number of nitrogens with one attached hydrogen (secondary N) is 1. The highest BCUT2D eigenvalue weighted by atomic mass is 16.2. The molecule has 0 aromatic carbocycles. The Hall–Kier alpha value is -1.71. The van der Waals surface area contributed by atoms with Crippen molar-refractivity contribution in [3.63, 3.8) is 0 Å². The summed E-state index contributed by atoms with van der Waals surface area (Å²) < 4.78 is 0. The van der Waals surface area contributed by atoms with Crippen molar-refractivity contribution in [2.75, 3.05) is 0 Å². The van der Waals surface area contributed by atoms with Gasteiger partial charge in [0.15, 0.2) is 0 Å². The molecule has 1 aromatic rings. The van der Waals surface area contributed by atoms with E-state index in [1.54, 1.807) is 12.3 Å². The number of fused-ring (bicyclic) bond motifs is 1. The third-order valence-electron chi connectivity index (χ3n) is 1.75. The molecule has 0 atom stereocenters. The summed E-state index contributed by atoms with van der Waals surface area (Å²) in [5.41, 5.74) is 1.25. The summed E-state index contributed by atoms with van der Waals surface area (Å²) in [6.45, 7) is 0. The minimum atomic E-state index is -0.330. The van der Waals surface area contributed by atoms with Crippen LogP contribution in [0.15, 0.2) is 18.5 Å². The van der Waals surface area contributed by atoms with Crippen LogP contribution in [-0.4, -0.2) is 16.8 Å². The molecule has 0 fully saturated rings. The summed E-state index contributed by atoms with van der Waals surface area (Å²) in [5, 5.41) is 2.23. The van der Waals surface area contributed by atoms with Crippen LogP contribution in [-0.2, 0) is 11.2 Å². The highest BCUT2D eigenvalue weighted by molar-refractivity contribution is 6.09. The van der Waals surface area contributed by atoms with Crippen molar-refractivity contribution in [2.24, 2.45) is 0 Å². The van der Waals surface area contributed by atoms with Gasteiger partial charge in [0.2, 0.25) is 5.91 Å². The van der Waals surface area contributed by atoms with E-state index in [1.807, 2.05) is 0 Å². The fourth-order valence-corrected chi connectivity index (χ4v) is 1.20. The Kier molecular flexibility index (Phi) is 1.40. The molecule has 1 aliphatic heterocycles. The van der Waals surface area contributed by atoms with Crippen molar-refractivity contribution in [2.45, 2.75) is 6.42 Å². The molecular weight excluding hydrogens is 156 g/mol. The van der Waals surface area contributed by atoms with Crippen molar-refractivity contribution < 1.29 is 9.59 Å². The Balaban J connectivity index is 2.54. The van der Waals surface area contributed by atoms with E-state index in [0.29, 0.717) is 11.1 Å². The van der Waals surface area contributed by atoms with Gasteiger partial charge in [-0.25, -0.2) is 0 Å². The topological polar surface area (TPSA) is 59.1 Å². The zero-order valence-corrected chi connectivity index (χ0v) is 6.20. The lowest BCUT2D eigenvalue weighted by Crippen LogP contribution is -2.37. The van der Waals surface area contributed by atoms with Crippen molar-refractivity contribution in [3.05, 3.63) is 29.6 Å². The molecule has 0 saturated heterocycles. The summed E-state index contributed by atoms with van der Waals surface area (Å²) in [4.78, 5) is 25.8. The number of aromatic nitrogens is 1. The Morgan fingerprint density at radius 2 is 2.25 bits per heavy atom. The largest absolute Gasteiger partial charge is 0.292 e. The maximum absolute atomic E-state index is 11.1. The van der Waals surface area contributed by atoms with Gasteiger partial charge in [-0.05, 0) is 11.6 Å². The third-order valence-corrected chi connectivity index (χ3v) is 1.75. The Bertz CT molecular complexity index is 360. The molecule has 1 aliphatic rings. The molecule has 2 heterocycles. The molecule has 12 heavy (non-hydrogen) atoms. The van der Waals surface area contributed by atoms with Gasteiger partial charge in [-0.15, -0.1) is 0 Å². The monoisotopic (exact) mass is 162 g/mol. The number of pyridine rings is 1. The first-order valence-electron chi connectivity index (χ1n) is 3.54. The fraction of sp³-hybridized carbons (Fsp3) is 0.125. The lowest BCUT2D eigenvalue weighted by Gasteiger charge is -2.13. The van der Waals surface area contributed by atoms with Gasteiger partial charge < -0.3 is 0 Å². The summed E-state index contributed by atoms with van der Waals surface area (Å²) in [6.07, 6.45) is 3.33. The average Bonchev–Trinajstić information content (AvgIpc) is 2.04. The quantitative estimate of drug-likeness (QED) is 0.541. The van der Waals surface area contributed by atoms with Crippen LogP contribution < -0.4 is 5.32 Å². The molecule has 0 aliphatic carbocycles. The second-order valence-electron chi connectivity index (χ2n) is 2.59. The molecule has 0 unspecified atom stereocenters. The van der Waals surface area contributed by atoms with Gasteiger partial charge in [0.25, 0.3) is 5.91 Å². The maximum Gasteiger partial charge on any atom is 0.258 e. The highest BCUT2D eigenvalue weighted by Crippen LogP contribution is 2.11. The van der Waals surface area contributed by atoms with Crippen LogP contribution in [0.5, 0.6) is 0 Å². The summed E-state index contributed by atoms with van der Waals surface area (Å²) in [6, 6.07) is 1.61. The van der Waals surface area contributed by atoms with Crippen LogP contribution in [0.4, 0.5) is 0 Å². The number of amides is 2. The third kappa shape index (κ3) is 0.972. The van der Waals surface area contributed by atoms with Crippen molar-refractivity contribution in [3.8, 4) is 0 Å². The molecule has 2 rings (SSSR count). The Labute approximate surface area is 68.6 Å². The molecule has 4 nitrogen and oxygen atoms in total. The zero-order chi connectivity index (χ0) is 8.55. The predicted octanol–water partition coefficient (Wildman–Crippen LogP) is -0.106. The molecule has 4 heteroatoms. The van der Waals surface area contributed by atoms with E-state index in [9.17, 15) is 9.59 Å². The van der Waals surface area contributed by atoms with Crippen molar-refractivity contribution >= 4 is 11.8 Å². The molecule has 1 aromatic heterocycles. The number of carbonyl (C=O) groups excluding carboxylic acids is 2. The number of carbonyl (C=O) groups is 2. The van der Waals surface area contributed by atoms with Crippen LogP contribution in [0.2, 0.25) is 0 Å². The van der Waals surface area contributed by atoms with E-state index in [-0.39, 0.29) is 18.2 Å². The van der Waals surface area contributed by atoms with E-state index in [2.05, 4.69) is 10.3 Å². The first-order chi connectivity index (χ1) is 5.77. The summed E-state index contributed by atoms with van der Waals surface area (Å²) in [5.74, 6) is -0.593. The second-order valence-corrected chi connectivity index (χ2v) is 2.59. The van der Waals surface area contributed by atoms with Gasteiger partial charge in [0.05, 0.1) is 6.42 Å². The van der Waals surface area contributed by atoms with E-state index in [4.69, 9.17) is 0 Å². The molecule has 0 saturated carbocycles. The number of imide groups is 1. The number of rotatable bonds is 0. The second kappa shape index (κ2) is 2.41. The van der Waals surface area contributed by atoms with Gasteiger partial charge in [0, 0.05) is 18.0 Å². The maximum atomic E-state index is 11.1. The van der Waals surface area contributed by atoms with Crippen LogP contribution in [0.3, 0.4) is 0 Å². The van der Waals surface area contributed by atoms with E-state index >= 15 is 0 Å². The van der Waals surface area contributed by atoms with E-state index in [0.717, 1.165) is 0 Å². The highest BCUT2D eigenvalue weighted by Gasteiger charge is 2.21. The average molecular weight is 162 g/mol. The fourth-order valence-electron chi connectivity index (χ4n) is 1.20. The van der Waals surface area contributed by atoms with Crippen LogP contribution in [0, 0.1) is 0 Å². The minimum absolute atomic E-state index is 0.245. The Morgan fingerprint density at radius 3 is 3.08 bits per heavy atom. The number of nitrogens with zero attached hydrogens (tertiary/aromatic N) is 1. The van der Waals surface area contributed by atoms with E-state index in [1.165, 1.54) is 6.20 Å². The van der Waals surface area contributed by atoms with E-state index < -0.39 is 0 Å². The molecule has 1 N–H and O–H groups in total. The van der Waals surface area contributed by atoms with Crippen LogP contribution in [0.25, 0.3) is 0 Å². The standard InChI is InChI=1S/C8H6N2O2/c11-7-3-5-4-9-2-1-6(5)8(12)10-7/h1-2,4H,3H2,(H,10,11,12). The Morgan fingerprint density at radius 1 is 1.42 bits per heavy atom. The normalized spacial score (nSPS) is 15.3. The number of hydrogen-bond donors (Lipinski definition) is 1.